The Morgan fingerprint density at radius 1 is 1.32 bits per heavy atom. The normalized spacial score (nSPS) is 14.5. The van der Waals surface area contributed by atoms with E-state index in [1.54, 1.807) is 6.92 Å². The molecule has 1 aromatic rings. The minimum absolute atomic E-state index is 0.0399. The number of carbonyl (C=O) groups excluding carboxylic acids is 2. The summed E-state index contributed by atoms with van der Waals surface area (Å²) in [6.07, 6.45) is 4.09. The summed E-state index contributed by atoms with van der Waals surface area (Å²) in [5.74, 6) is -0.438. The molecular formula is C18H24N4O3. The topological polar surface area (TPSA) is 106 Å². The maximum absolute atomic E-state index is 11.3. The van der Waals surface area contributed by atoms with Crippen molar-refractivity contribution in [1.29, 1.82) is 0 Å². The lowest BCUT2D eigenvalue weighted by Gasteiger charge is -2.13. The van der Waals surface area contributed by atoms with Crippen LogP contribution in [0.4, 0.5) is 5.69 Å². The van der Waals surface area contributed by atoms with Gasteiger partial charge in [-0.05, 0) is 37.5 Å². The van der Waals surface area contributed by atoms with Gasteiger partial charge in [0.15, 0.2) is 0 Å². The molecule has 25 heavy (non-hydrogen) atoms. The van der Waals surface area contributed by atoms with E-state index in [1.807, 2.05) is 24.3 Å². The number of carbonyl (C=O) groups is 2. The fourth-order valence-electron chi connectivity index (χ4n) is 2.32. The van der Waals surface area contributed by atoms with Crippen LogP contribution in [0.15, 0.2) is 41.1 Å². The molecule has 0 saturated heterocycles. The van der Waals surface area contributed by atoms with Crippen molar-refractivity contribution in [1.82, 2.24) is 5.43 Å². The smallest absolute Gasteiger partial charge is 0.332 e. The van der Waals surface area contributed by atoms with Gasteiger partial charge in [0.2, 0.25) is 5.91 Å². The summed E-state index contributed by atoms with van der Waals surface area (Å²) in [6.45, 7) is 2.82. The fraction of sp³-hybridized carbons (Fsp3) is 0.389. The van der Waals surface area contributed by atoms with Crippen LogP contribution in [0.5, 0.6) is 0 Å². The maximum Gasteiger partial charge on any atom is 0.332 e. The van der Waals surface area contributed by atoms with Crippen molar-refractivity contribution in [3.8, 4) is 0 Å². The molecule has 7 nitrogen and oxygen atoms in total. The van der Waals surface area contributed by atoms with Gasteiger partial charge in [-0.1, -0.05) is 12.1 Å². The summed E-state index contributed by atoms with van der Waals surface area (Å²) < 4.78 is 5.03. The summed E-state index contributed by atoms with van der Waals surface area (Å²) in [4.78, 5) is 22.4. The van der Waals surface area contributed by atoms with Gasteiger partial charge in [0.05, 0.1) is 12.3 Å². The van der Waals surface area contributed by atoms with Crippen LogP contribution >= 0.6 is 0 Å². The van der Waals surface area contributed by atoms with Gasteiger partial charge in [-0.25, -0.2) is 10.2 Å². The number of nitrogens with zero attached hydrogens (tertiary/aromatic N) is 1. The molecular weight excluding hydrogens is 320 g/mol. The van der Waals surface area contributed by atoms with E-state index in [2.05, 4.69) is 15.8 Å². The van der Waals surface area contributed by atoms with Gasteiger partial charge in [-0.15, -0.1) is 0 Å². The van der Waals surface area contributed by atoms with Crippen LogP contribution in [-0.2, 0) is 14.3 Å². The Hall–Kier alpha value is -2.83. The van der Waals surface area contributed by atoms with Crippen molar-refractivity contribution in [3.63, 3.8) is 0 Å². The minimum Gasteiger partial charge on any atom is -0.462 e. The lowest BCUT2D eigenvalue weighted by molar-refractivity contribution is -0.137. The van der Waals surface area contributed by atoms with Gasteiger partial charge < -0.3 is 15.8 Å². The number of amides is 1. The number of hydrogen-bond acceptors (Lipinski definition) is 6. The minimum atomic E-state index is -0.398. The quantitative estimate of drug-likeness (QED) is 0.379. The van der Waals surface area contributed by atoms with E-state index in [-0.39, 0.29) is 5.91 Å². The number of anilines is 1. The first-order valence-electron chi connectivity index (χ1n) is 8.35. The molecule has 0 saturated carbocycles. The second kappa shape index (κ2) is 9.46. The van der Waals surface area contributed by atoms with Crippen LogP contribution in [0, 0.1) is 0 Å². The fourth-order valence-corrected chi connectivity index (χ4v) is 2.32. The number of esters is 1. The molecule has 0 radical (unpaired) electrons. The largest absolute Gasteiger partial charge is 0.462 e. The number of benzene rings is 1. The van der Waals surface area contributed by atoms with E-state index < -0.39 is 5.97 Å². The van der Waals surface area contributed by atoms with E-state index in [4.69, 9.17) is 10.5 Å². The Kier molecular flexibility index (Phi) is 7.00. The SMILES string of the molecule is CC(N)=CC(=O)OCCCCNc1ccc(C2=NNC(=O)CC2)cc1. The Balaban J connectivity index is 1.66. The second-order valence-corrected chi connectivity index (χ2v) is 5.86. The lowest BCUT2D eigenvalue weighted by Crippen LogP contribution is -2.25. The highest BCUT2D eigenvalue weighted by Gasteiger charge is 2.12. The van der Waals surface area contributed by atoms with Crippen LogP contribution in [-0.4, -0.2) is 30.7 Å². The van der Waals surface area contributed by atoms with Crippen molar-refractivity contribution >= 4 is 23.3 Å². The van der Waals surface area contributed by atoms with Gasteiger partial charge in [-0.3, -0.25) is 4.79 Å². The Morgan fingerprint density at radius 2 is 2.08 bits per heavy atom. The molecule has 0 unspecified atom stereocenters. The molecule has 0 aromatic heterocycles. The third kappa shape index (κ3) is 6.66. The molecule has 0 spiro atoms. The first kappa shape index (κ1) is 18.5. The monoisotopic (exact) mass is 344 g/mol. The molecule has 4 N–H and O–H groups in total. The summed E-state index contributed by atoms with van der Waals surface area (Å²) in [6, 6.07) is 7.95. The predicted octanol–water partition coefficient (Wildman–Crippen LogP) is 1.90. The van der Waals surface area contributed by atoms with Crippen molar-refractivity contribution in [2.45, 2.75) is 32.6 Å². The molecule has 0 fully saturated rings. The number of nitrogens with one attached hydrogen (secondary N) is 2. The number of hydrogen-bond donors (Lipinski definition) is 3. The highest BCUT2D eigenvalue weighted by Crippen LogP contribution is 2.14. The molecule has 1 amide bonds. The van der Waals surface area contributed by atoms with E-state index in [9.17, 15) is 9.59 Å². The lowest BCUT2D eigenvalue weighted by atomic mass is 10.0. The van der Waals surface area contributed by atoms with Gasteiger partial charge in [0, 0.05) is 36.8 Å². The van der Waals surface area contributed by atoms with Crippen LogP contribution in [0.25, 0.3) is 0 Å². The van der Waals surface area contributed by atoms with Crippen LogP contribution in [0.3, 0.4) is 0 Å². The third-order valence-electron chi connectivity index (χ3n) is 3.61. The first-order chi connectivity index (χ1) is 12.0. The Bertz CT molecular complexity index is 661. The molecule has 7 heteroatoms. The van der Waals surface area contributed by atoms with Crippen LogP contribution in [0.2, 0.25) is 0 Å². The number of hydrazone groups is 1. The van der Waals surface area contributed by atoms with Crippen molar-refractivity contribution in [2.24, 2.45) is 10.8 Å². The van der Waals surface area contributed by atoms with Crippen LogP contribution < -0.4 is 16.5 Å². The van der Waals surface area contributed by atoms with Gasteiger partial charge >= 0.3 is 5.97 Å². The standard InChI is InChI=1S/C18H24N4O3/c1-13(19)12-18(24)25-11-3-2-10-20-15-6-4-14(5-7-15)16-8-9-17(23)22-21-16/h4-7,12,20H,2-3,8-11,19H2,1H3,(H,22,23). The van der Waals surface area contributed by atoms with Gasteiger partial charge in [-0.2, -0.15) is 5.10 Å². The van der Waals surface area contributed by atoms with Crippen LogP contribution in [0.1, 0.15) is 38.2 Å². The van der Waals surface area contributed by atoms with E-state index in [0.717, 1.165) is 36.3 Å². The summed E-state index contributed by atoms with van der Waals surface area (Å²) in [7, 11) is 0. The molecule has 134 valence electrons. The molecule has 1 aliphatic rings. The zero-order valence-corrected chi connectivity index (χ0v) is 14.4. The average molecular weight is 344 g/mol. The number of nitrogens with two attached hydrogens (primary N) is 1. The zero-order chi connectivity index (χ0) is 18.1. The Morgan fingerprint density at radius 3 is 2.72 bits per heavy atom. The van der Waals surface area contributed by atoms with E-state index in [1.165, 1.54) is 6.08 Å². The average Bonchev–Trinajstić information content (AvgIpc) is 2.58. The summed E-state index contributed by atoms with van der Waals surface area (Å²) >= 11 is 0. The number of allylic oxidation sites excluding steroid dienone is 1. The summed E-state index contributed by atoms with van der Waals surface area (Å²) in [5, 5.41) is 7.40. The number of ether oxygens (including phenoxy) is 1. The van der Waals surface area contributed by atoms with Crippen molar-refractivity contribution < 1.29 is 14.3 Å². The molecule has 1 aliphatic heterocycles. The molecule has 1 heterocycles. The molecule has 0 aliphatic carbocycles. The Labute approximate surface area is 147 Å². The van der Waals surface area contributed by atoms with Crippen molar-refractivity contribution in [3.05, 3.63) is 41.6 Å². The molecule has 2 rings (SSSR count). The highest BCUT2D eigenvalue weighted by molar-refractivity contribution is 6.04. The predicted molar refractivity (Wildman–Crippen MR) is 97.0 cm³/mol. The number of unbranched alkanes of at least 4 members (excludes halogenated alkanes) is 1. The number of rotatable bonds is 8. The molecule has 0 bridgehead atoms. The second-order valence-electron chi connectivity index (χ2n) is 5.86. The highest BCUT2D eigenvalue weighted by atomic mass is 16.5. The van der Waals surface area contributed by atoms with Gasteiger partial charge in [0.1, 0.15) is 0 Å². The van der Waals surface area contributed by atoms with Crippen molar-refractivity contribution in [2.75, 3.05) is 18.5 Å². The van der Waals surface area contributed by atoms with E-state index >= 15 is 0 Å². The molecule has 1 aromatic carbocycles. The molecule has 0 atom stereocenters. The van der Waals surface area contributed by atoms with E-state index in [0.29, 0.717) is 25.1 Å². The summed E-state index contributed by atoms with van der Waals surface area (Å²) in [5.41, 5.74) is 11.3. The third-order valence-corrected chi connectivity index (χ3v) is 3.61. The van der Waals surface area contributed by atoms with Gasteiger partial charge in [0.25, 0.3) is 0 Å². The first-order valence-corrected chi connectivity index (χ1v) is 8.35. The zero-order valence-electron chi connectivity index (χ0n) is 14.4. The maximum atomic E-state index is 11.3.